The number of hydrogen-bond donors (Lipinski definition) is 1. The number of hydrogen-bond acceptors (Lipinski definition) is 2. The Balaban J connectivity index is 1.97. The van der Waals surface area contributed by atoms with Gasteiger partial charge in [0.1, 0.15) is 5.75 Å². The Kier molecular flexibility index (Phi) is 3.05. The predicted molar refractivity (Wildman–Crippen MR) is 75.7 cm³/mol. The Labute approximate surface area is 113 Å². The van der Waals surface area contributed by atoms with Gasteiger partial charge in [-0.2, -0.15) is 0 Å². The summed E-state index contributed by atoms with van der Waals surface area (Å²) in [6.07, 6.45) is 5.23. The number of fused-ring (bicyclic) bond motifs is 1. The predicted octanol–water partition coefficient (Wildman–Crippen LogP) is 3.94. The normalized spacial score (nSPS) is 15.7. The second kappa shape index (κ2) is 4.72. The molecule has 1 aromatic carbocycles. The van der Waals surface area contributed by atoms with Crippen LogP contribution in [0.2, 0.25) is 0 Å². The molecule has 0 aliphatic heterocycles. The van der Waals surface area contributed by atoms with Gasteiger partial charge in [0.2, 0.25) is 0 Å². The molecule has 1 N–H and O–H groups in total. The van der Waals surface area contributed by atoms with Crippen molar-refractivity contribution >= 4 is 16.7 Å². The summed E-state index contributed by atoms with van der Waals surface area (Å²) in [6.45, 7) is 4.00. The van der Waals surface area contributed by atoms with E-state index in [1.807, 2.05) is 38.2 Å². The summed E-state index contributed by atoms with van der Waals surface area (Å²) in [7, 11) is 0. The van der Waals surface area contributed by atoms with E-state index in [4.69, 9.17) is 4.74 Å². The summed E-state index contributed by atoms with van der Waals surface area (Å²) < 4.78 is 5.70. The van der Waals surface area contributed by atoms with Crippen LogP contribution in [0.3, 0.4) is 0 Å². The van der Waals surface area contributed by atoms with Crippen molar-refractivity contribution in [1.82, 2.24) is 4.98 Å². The summed E-state index contributed by atoms with van der Waals surface area (Å²) in [5.74, 6) is 1.33. The fourth-order valence-electron chi connectivity index (χ4n) is 2.54. The van der Waals surface area contributed by atoms with Crippen LogP contribution in [-0.4, -0.2) is 16.9 Å². The van der Waals surface area contributed by atoms with Crippen LogP contribution in [0, 0.1) is 5.92 Å². The minimum absolute atomic E-state index is 0.141. The Morgan fingerprint density at radius 3 is 2.79 bits per heavy atom. The molecular formula is C16H19NO2. The molecule has 1 fully saturated rings. The lowest BCUT2D eigenvalue weighted by Gasteiger charge is -2.23. The van der Waals surface area contributed by atoms with Crippen molar-refractivity contribution in [3.63, 3.8) is 0 Å². The van der Waals surface area contributed by atoms with Gasteiger partial charge in [0.25, 0.3) is 0 Å². The lowest BCUT2D eigenvalue weighted by molar-refractivity contribution is 0.0857. The molecule has 1 aliphatic carbocycles. The van der Waals surface area contributed by atoms with Crippen molar-refractivity contribution in [2.45, 2.75) is 39.2 Å². The molecule has 3 rings (SSSR count). The van der Waals surface area contributed by atoms with Crippen molar-refractivity contribution in [2.24, 2.45) is 5.92 Å². The van der Waals surface area contributed by atoms with Crippen LogP contribution in [0.1, 0.15) is 43.5 Å². The van der Waals surface area contributed by atoms with Gasteiger partial charge in [-0.25, -0.2) is 0 Å². The smallest absolute Gasteiger partial charge is 0.168 e. The third-order valence-electron chi connectivity index (χ3n) is 3.77. The molecule has 2 aromatic rings. The van der Waals surface area contributed by atoms with Gasteiger partial charge < -0.3 is 9.72 Å². The largest absolute Gasteiger partial charge is 0.491 e. The highest BCUT2D eigenvalue weighted by molar-refractivity contribution is 6.09. The minimum atomic E-state index is 0.141. The average Bonchev–Trinajstić information content (AvgIpc) is 2.68. The van der Waals surface area contributed by atoms with Crippen molar-refractivity contribution < 1.29 is 9.53 Å². The van der Waals surface area contributed by atoms with E-state index in [0.717, 1.165) is 35.1 Å². The van der Waals surface area contributed by atoms with Crippen LogP contribution >= 0.6 is 0 Å². The summed E-state index contributed by atoms with van der Waals surface area (Å²) in [5.41, 5.74) is 1.81. The number of benzene rings is 1. The number of nitrogens with one attached hydrogen (secondary N) is 1. The first-order valence-electron chi connectivity index (χ1n) is 6.97. The van der Waals surface area contributed by atoms with Crippen molar-refractivity contribution in [2.75, 3.05) is 0 Å². The topological polar surface area (TPSA) is 42.1 Å². The number of ether oxygens (including phenoxy) is 1. The molecule has 0 bridgehead atoms. The number of rotatable bonds is 4. The SMILES string of the molecule is CC(C)Oc1ccc2[nH]cc(C(=O)C3CCC3)c2c1. The van der Waals surface area contributed by atoms with Gasteiger partial charge in [0.05, 0.1) is 6.10 Å². The number of carbonyl (C=O) groups is 1. The third-order valence-corrected chi connectivity index (χ3v) is 3.77. The molecule has 19 heavy (non-hydrogen) atoms. The molecule has 1 aromatic heterocycles. The number of aromatic nitrogens is 1. The van der Waals surface area contributed by atoms with Gasteiger partial charge in [-0.1, -0.05) is 6.42 Å². The maximum Gasteiger partial charge on any atom is 0.168 e. The summed E-state index contributed by atoms with van der Waals surface area (Å²) in [5, 5.41) is 0.982. The Morgan fingerprint density at radius 2 is 2.16 bits per heavy atom. The van der Waals surface area contributed by atoms with E-state index < -0.39 is 0 Å². The Morgan fingerprint density at radius 1 is 1.37 bits per heavy atom. The molecule has 0 unspecified atom stereocenters. The highest BCUT2D eigenvalue weighted by Crippen LogP contribution is 2.33. The molecule has 0 amide bonds. The van der Waals surface area contributed by atoms with Gasteiger partial charge in [-0.15, -0.1) is 0 Å². The molecule has 0 spiro atoms. The zero-order valence-electron chi connectivity index (χ0n) is 11.4. The molecule has 0 saturated heterocycles. The van der Waals surface area contributed by atoms with Gasteiger partial charge >= 0.3 is 0 Å². The second-order valence-electron chi connectivity index (χ2n) is 5.57. The van der Waals surface area contributed by atoms with Gasteiger partial charge in [0.15, 0.2) is 5.78 Å². The minimum Gasteiger partial charge on any atom is -0.491 e. The van der Waals surface area contributed by atoms with E-state index in [1.165, 1.54) is 6.42 Å². The average molecular weight is 257 g/mol. The Bertz CT molecular complexity index is 608. The van der Waals surface area contributed by atoms with Crippen LogP contribution < -0.4 is 4.74 Å². The second-order valence-corrected chi connectivity index (χ2v) is 5.57. The maximum atomic E-state index is 12.4. The third kappa shape index (κ3) is 2.25. The Hall–Kier alpha value is -1.77. The van der Waals surface area contributed by atoms with Crippen molar-refractivity contribution in [3.05, 3.63) is 30.0 Å². The van der Waals surface area contributed by atoms with Gasteiger partial charge in [-0.05, 0) is 44.9 Å². The molecule has 1 saturated carbocycles. The van der Waals surface area contributed by atoms with E-state index in [1.54, 1.807) is 0 Å². The summed E-state index contributed by atoms with van der Waals surface area (Å²) in [6, 6.07) is 5.89. The molecule has 100 valence electrons. The van der Waals surface area contributed by atoms with E-state index in [9.17, 15) is 4.79 Å². The first-order valence-corrected chi connectivity index (χ1v) is 6.97. The monoisotopic (exact) mass is 257 g/mol. The summed E-state index contributed by atoms with van der Waals surface area (Å²) >= 11 is 0. The fourth-order valence-corrected chi connectivity index (χ4v) is 2.54. The number of ketones is 1. The lowest BCUT2D eigenvalue weighted by atomic mass is 9.80. The first kappa shape index (κ1) is 12.3. The molecule has 1 heterocycles. The standard InChI is InChI=1S/C16H19NO2/c1-10(2)19-12-6-7-15-13(8-12)14(9-17-15)16(18)11-4-3-5-11/h6-11,17H,3-5H2,1-2H3. The highest BCUT2D eigenvalue weighted by atomic mass is 16.5. The highest BCUT2D eigenvalue weighted by Gasteiger charge is 2.27. The number of carbonyl (C=O) groups excluding carboxylic acids is 1. The quantitative estimate of drug-likeness (QED) is 0.843. The molecule has 3 nitrogen and oxygen atoms in total. The number of Topliss-reactive ketones (excluding diaryl/α,β-unsaturated/α-hetero) is 1. The van der Waals surface area contributed by atoms with Crippen LogP contribution in [0.25, 0.3) is 10.9 Å². The maximum absolute atomic E-state index is 12.4. The van der Waals surface area contributed by atoms with Crippen LogP contribution in [-0.2, 0) is 0 Å². The molecule has 3 heteroatoms. The van der Waals surface area contributed by atoms with Crippen molar-refractivity contribution in [1.29, 1.82) is 0 Å². The molecule has 0 radical (unpaired) electrons. The van der Waals surface area contributed by atoms with Crippen LogP contribution in [0.4, 0.5) is 0 Å². The van der Waals surface area contributed by atoms with Crippen LogP contribution in [0.5, 0.6) is 5.75 Å². The molecule has 0 atom stereocenters. The summed E-state index contributed by atoms with van der Waals surface area (Å²) in [4.78, 5) is 15.6. The van der Waals surface area contributed by atoms with E-state index in [-0.39, 0.29) is 17.8 Å². The van der Waals surface area contributed by atoms with E-state index in [0.29, 0.717) is 0 Å². The zero-order chi connectivity index (χ0) is 13.4. The van der Waals surface area contributed by atoms with Crippen molar-refractivity contribution in [3.8, 4) is 5.75 Å². The van der Waals surface area contributed by atoms with Gasteiger partial charge in [0, 0.05) is 28.6 Å². The zero-order valence-corrected chi connectivity index (χ0v) is 11.4. The van der Waals surface area contributed by atoms with Crippen LogP contribution in [0.15, 0.2) is 24.4 Å². The molecule has 1 aliphatic rings. The fraction of sp³-hybridized carbons (Fsp3) is 0.438. The van der Waals surface area contributed by atoms with Gasteiger partial charge in [-0.3, -0.25) is 4.79 Å². The number of aromatic amines is 1. The molecular weight excluding hydrogens is 238 g/mol. The van der Waals surface area contributed by atoms with E-state index >= 15 is 0 Å². The van der Waals surface area contributed by atoms with E-state index in [2.05, 4.69) is 4.98 Å². The lowest BCUT2D eigenvalue weighted by Crippen LogP contribution is -2.21. The number of H-pyrrole nitrogens is 1. The first-order chi connectivity index (χ1) is 9.15.